The Bertz CT molecular complexity index is 641. The van der Waals surface area contributed by atoms with Crippen LogP contribution in [-0.4, -0.2) is 61.8 Å². The lowest BCUT2D eigenvalue weighted by atomic mass is 10.2. The summed E-state index contributed by atoms with van der Waals surface area (Å²) in [7, 11) is 1.60. The molecule has 3 amide bonds. The first-order valence-corrected chi connectivity index (χ1v) is 8.61. The molecule has 1 aromatic rings. The van der Waals surface area contributed by atoms with Crippen LogP contribution < -0.4 is 15.0 Å². The summed E-state index contributed by atoms with van der Waals surface area (Å²) in [4.78, 5) is 28.3. The van der Waals surface area contributed by atoms with Crippen molar-refractivity contribution < 1.29 is 19.1 Å². The molecule has 1 aromatic carbocycles. The van der Waals surface area contributed by atoms with Crippen LogP contribution in [0.15, 0.2) is 24.3 Å². The molecule has 0 radical (unpaired) electrons. The first-order valence-electron chi connectivity index (χ1n) is 8.61. The van der Waals surface area contributed by atoms with Gasteiger partial charge in [0, 0.05) is 37.8 Å². The van der Waals surface area contributed by atoms with Gasteiger partial charge < -0.3 is 24.6 Å². The summed E-state index contributed by atoms with van der Waals surface area (Å²) in [6.07, 6.45) is 0.347. The number of carbonyl (C=O) groups excluding carboxylic acids is 2. The van der Waals surface area contributed by atoms with Crippen LogP contribution in [0.1, 0.15) is 20.3 Å². The lowest BCUT2D eigenvalue weighted by Crippen LogP contribution is -2.53. The Morgan fingerprint density at radius 2 is 1.96 bits per heavy atom. The van der Waals surface area contributed by atoms with Crippen LogP contribution in [0.2, 0.25) is 0 Å². The molecule has 1 N–H and O–H groups in total. The Kier molecular flexibility index (Phi) is 5.13. The highest BCUT2D eigenvalue weighted by molar-refractivity contribution is 5.97. The third-order valence-electron chi connectivity index (χ3n) is 4.52. The molecule has 2 heterocycles. The lowest BCUT2D eigenvalue weighted by molar-refractivity contribution is -0.117. The molecule has 7 nitrogen and oxygen atoms in total. The minimum atomic E-state index is -0.195. The molecule has 3 rings (SSSR count). The molecule has 0 spiro atoms. The summed E-state index contributed by atoms with van der Waals surface area (Å²) in [6, 6.07) is 7.06. The van der Waals surface area contributed by atoms with Gasteiger partial charge in [-0.2, -0.15) is 0 Å². The number of nitrogens with zero attached hydrogens (tertiary/aromatic N) is 2. The highest BCUT2D eigenvalue weighted by atomic mass is 16.5. The van der Waals surface area contributed by atoms with Gasteiger partial charge in [0.1, 0.15) is 5.75 Å². The fourth-order valence-corrected chi connectivity index (χ4v) is 3.44. The average molecular weight is 347 g/mol. The number of hydrogen-bond acceptors (Lipinski definition) is 4. The van der Waals surface area contributed by atoms with Gasteiger partial charge in [-0.25, -0.2) is 4.79 Å². The maximum absolute atomic E-state index is 12.5. The molecular formula is C18H25N3O4. The summed E-state index contributed by atoms with van der Waals surface area (Å²) in [5, 5.41) is 2.99. The van der Waals surface area contributed by atoms with E-state index in [1.54, 1.807) is 16.9 Å². The second-order valence-corrected chi connectivity index (χ2v) is 6.72. The van der Waals surface area contributed by atoms with E-state index in [9.17, 15) is 9.59 Å². The molecule has 136 valence electrons. The van der Waals surface area contributed by atoms with Crippen LogP contribution in [0.3, 0.4) is 0 Å². The van der Waals surface area contributed by atoms with Crippen molar-refractivity contribution in [2.75, 3.05) is 31.6 Å². The van der Waals surface area contributed by atoms with Gasteiger partial charge in [0.15, 0.2) is 0 Å². The number of anilines is 1. The van der Waals surface area contributed by atoms with E-state index >= 15 is 0 Å². The van der Waals surface area contributed by atoms with Crippen molar-refractivity contribution in [3.63, 3.8) is 0 Å². The van der Waals surface area contributed by atoms with Gasteiger partial charge in [-0.1, -0.05) is 6.07 Å². The van der Waals surface area contributed by atoms with E-state index in [-0.39, 0.29) is 30.2 Å². The van der Waals surface area contributed by atoms with Gasteiger partial charge in [0.05, 0.1) is 25.4 Å². The first kappa shape index (κ1) is 17.5. The number of methoxy groups -OCH3 is 1. The second-order valence-electron chi connectivity index (χ2n) is 6.72. The summed E-state index contributed by atoms with van der Waals surface area (Å²) < 4.78 is 10.9. The minimum absolute atomic E-state index is 0.00210. The molecule has 2 aliphatic heterocycles. The van der Waals surface area contributed by atoms with E-state index in [1.165, 1.54) is 0 Å². The molecule has 2 aliphatic rings. The summed E-state index contributed by atoms with van der Waals surface area (Å²) >= 11 is 0. The quantitative estimate of drug-likeness (QED) is 0.902. The fourth-order valence-electron chi connectivity index (χ4n) is 3.44. The van der Waals surface area contributed by atoms with Gasteiger partial charge in [-0.05, 0) is 26.0 Å². The van der Waals surface area contributed by atoms with Crippen LogP contribution in [0.5, 0.6) is 5.75 Å². The number of rotatable bonds is 3. The molecule has 0 unspecified atom stereocenters. The second kappa shape index (κ2) is 7.31. The largest absolute Gasteiger partial charge is 0.497 e. The number of amides is 3. The zero-order valence-corrected chi connectivity index (χ0v) is 14.9. The molecule has 0 bridgehead atoms. The summed E-state index contributed by atoms with van der Waals surface area (Å²) in [5.74, 6) is 0.705. The molecular weight excluding hydrogens is 322 g/mol. The SMILES string of the molecule is COc1cccc(N2C[C@H](NC(=O)N3C[C@H](C)O[C@@H](C)C3)CC2=O)c1. The van der Waals surface area contributed by atoms with Crippen LogP contribution in [0.25, 0.3) is 0 Å². The van der Waals surface area contributed by atoms with Crippen LogP contribution in [0.4, 0.5) is 10.5 Å². The Morgan fingerprint density at radius 3 is 2.64 bits per heavy atom. The Morgan fingerprint density at radius 1 is 1.24 bits per heavy atom. The van der Waals surface area contributed by atoms with Gasteiger partial charge in [0.25, 0.3) is 0 Å². The maximum Gasteiger partial charge on any atom is 0.317 e. The van der Waals surface area contributed by atoms with Gasteiger partial charge >= 0.3 is 6.03 Å². The van der Waals surface area contributed by atoms with Crippen molar-refractivity contribution >= 4 is 17.6 Å². The van der Waals surface area contributed by atoms with Crippen LogP contribution in [-0.2, 0) is 9.53 Å². The summed E-state index contributed by atoms with van der Waals surface area (Å²) in [6.45, 7) is 5.51. The van der Waals surface area contributed by atoms with Crippen LogP contribution in [0, 0.1) is 0 Å². The van der Waals surface area contributed by atoms with Crippen molar-refractivity contribution in [2.45, 2.75) is 38.5 Å². The lowest BCUT2D eigenvalue weighted by Gasteiger charge is -2.35. The topological polar surface area (TPSA) is 71.1 Å². The van der Waals surface area contributed by atoms with Crippen LogP contribution >= 0.6 is 0 Å². The average Bonchev–Trinajstić information content (AvgIpc) is 2.94. The van der Waals surface area contributed by atoms with E-state index in [0.717, 1.165) is 5.69 Å². The predicted molar refractivity (Wildman–Crippen MR) is 93.9 cm³/mol. The molecule has 0 aliphatic carbocycles. The smallest absolute Gasteiger partial charge is 0.317 e. The van der Waals surface area contributed by atoms with E-state index < -0.39 is 0 Å². The van der Waals surface area contributed by atoms with Crippen molar-refractivity contribution in [1.29, 1.82) is 0 Å². The molecule has 25 heavy (non-hydrogen) atoms. The van der Waals surface area contributed by atoms with Gasteiger partial charge in [-0.15, -0.1) is 0 Å². The number of urea groups is 1. The highest BCUT2D eigenvalue weighted by Gasteiger charge is 2.34. The monoisotopic (exact) mass is 347 g/mol. The molecule has 3 atom stereocenters. The van der Waals surface area contributed by atoms with Crippen molar-refractivity contribution in [1.82, 2.24) is 10.2 Å². The number of nitrogens with one attached hydrogen (secondary N) is 1. The molecule has 2 fully saturated rings. The van der Waals surface area contributed by atoms with Crippen molar-refractivity contribution in [3.8, 4) is 5.75 Å². The number of hydrogen-bond donors (Lipinski definition) is 1. The Balaban J connectivity index is 1.61. The van der Waals surface area contributed by atoms with E-state index in [0.29, 0.717) is 31.8 Å². The zero-order chi connectivity index (χ0) is 18.0. The summed E-state index contributed by atoms with van der Waals surface area (Å²) in [5.41, 5.74) is 0.787. The van der Waals surface area contributed by atoms with E-state index in [4.69, 9.17) is 9.47 Å². The van der Waals surface area contributed by atoms with Gasteiger partial charge in [-0.3, -0.25) is 4.79 Å². The predicted octanol–water partition coefficient (Wildman–Crippen LogP) is 1.62. The Hall–Kier alpha value is -2.28. The molecule has 0 saturated carbocycles. The maximum atomic E-state index is 12.5. The zero-order valence-electron chi connectivity index (χ0n) is 14.9. The van der Waals surface area contributed by atoms with Gasteiger partial charge in [0.2, 0.25) is 5.91 Å². The standard InChI is InChI=1S/C18H25N3O4/c1-12-9-20(10-13(2)25-12)18(23)19-14-7-17(22)21(11-14)15-5-4-6-16(8-15)24-3/h4-6,8,12-14H,7,9-11H2,1-3H3,(H,19,23)/t12-,13-,14+/m0/s1. The highest BCUT2D eigenvalue weighted by Crippen LogP contribution is 2.25. The molecule has 0 aromatic heterocycles. The van der Waals surface area contributed by atoms with Crippen molar-refractivity contribution in [2.24, 2.45) is 0 Å². The van der Waals surface area contributed by atoms with E-state index in [2.05, 4.69) is 5.32 Å². The molecule has 7 heteroatoms. The fraction of sp³-hybridized carbons (Fsp3) is 0.556. The van der Waals surface area contributed by atoms with E-state index in [1.807, 2.05) is 38.1 Å². The number of ether oxygens (including phenoxy) is 2. The van der Waals surface area contributed by atoms with Crippen molar-refractivity contribution in [3.05, 3.63) is 24.3 Å². The minimum Gasteiger partial charge on any atom is -0.497 e. The number of carbonyl (C=O) groups is 2. The normalized spacial score (nSPS) is 26.7. The third kappa shape index (κ3) is 4.04. The number of benzene rings is 1. The Labute approximate surface area is 147 Å². The first-order chi connectivity index (χ1) is 12.0. The molecule has 2 saturated heterocycles. The number of morpholine rings is 1. The third-order valence-corrected chi connectivity index (χ3v) is 4.52.